The molecule has 2 aromatic rings. The van der Waals surface area contributed by atoms with E-state index in [0.717, 1.165) is 35.2 Å². The summed E-state index contributed by atoms with van der Waals surface area (Å²) in [7, 11) is 0. The van der Waals surface area contributed by atoms with Crippen LogP contribution in [0.15, 0.2) is 17.8 Å². The van der Waals surface area contributed by atoms with Gasteiger partial charge in [0, 0.05) is 29.9 Å². The summed E-state index contributed by atoms with van der Waals surface area (Å²) in [6.45, 7) is 5.88. The molecule has 0 saturated carbocycles. The molecule has 0 aliphatic heterocycles. The lowest BCUT2D eigenvalue weighted by atomic mass is 10.3. The summed E-state index contributed by atoms with van der Waals surface area (Å²) < 4.78 is 0. The van der Waals surface area contributed by atoms with Gasteiger partial charge >= 0.3 is 0 Å². The first-order chi connectivity index (χ1) is 8.28. The van der Waals surface area contributed by atoms with Gasteiger partial charge in [0.05, 0.1) is 17.1 Å². The van der Waals surface area contributed by atoms with Gasteiger partial charge in [0.2, 0.25) is 0 Å². The van der Waals surface area contributed by atoms with Crippen molar-refractivity contribution in [3.8, 4) is 0 Å². The molecule has 0 aliphatic carbocycles. The Morgan fingerprint density at radius 1 is 1.29 bits per heavy atom. The van der Waals surface area contributed by atoms with Crippen LogP contribution < -0.4 is 5.32 Å². The van der Waals surface area contributed by atoms with Crippen molar-refractivity contribution in [1.29, 1.82) is 0 Å². The van der Waals surface area contributed by atoms with E-state index in [-0.39, 0.29) is 0 Å². The molecule has 2 rings (SSSR count). The van der Waals surface area contributed by atoms with Gasteiger partial charge in [-0.2, -0.15) is 0 Å². The molecule has 2 heterocycles. The van der Waals surface area contributed by atoms with Crippen LogP contribution in [-0.2, 0) is 13.0 Å². The lowest BCUT2D eigenvalue weighted by molar-refractivity contribution is 0.718. The normalized spacial score (nSPS) is 10.7. The Morgan fingerprint density at radius 3 is 2.65 bits per heavy atom. The van der Waals surface area contributed by atoms with Crippen molar-refractivity contribution in [3.63, 3.8) is 0 Å². The van der Waals surface area contributed by atoms with Crippen LogP contribution >= 0.6 is 11.3 Å². The average Bonchev–Trinajstić information content (AvgIpc) is 2.74. The van der Waals surface area contributed by atoms with Crippen molar-refractivity contribution >= 4 is 11.3 Å². The third kappa shape index (κ3) is 3.57. The summed E-state index contributed by atoms with van der Waals surface area (Å²) in [5, 5.41) is 6.39. The van der Waals surface area contributed by atoms with Crippen molar-refractivity contribution < 1.29 is 0 Å². The van der Waals surface area contributed by atoms with E-state index in [1.54, 1.807) is 11.3 Å². The maximum Gasteiger partial charge on any atom is 0.134 e. The maximum atomic E-state index is 4.40. The van der Waals surface area contributed by atoms with E-state index >= 15 is 0 Å². The molecule has 0 aromatic carbocycles. The van der Waals surface area contributed by atoms with Crippen LogP contribution in [0.25, 0.3) is 0 Å². The quantitative estimate of drug-likeness (QED) is 0.878. The fourth-order valence-corrected chi connectivity index (χ4v) is 2.10. The highest BCUT2D eigenvalue weighted by molar-refractivity contribution is 7.09. The van der Waals surface area contributed by atoms with E-state index in [0.29, 0.717) is 6.42 Å². The second-order valence-corrected chi connectivity index (χ2v) is 4.88. The highest BCUT2D eigenvalue weighted by atomic mass is 32.1. The van der Waals surface area contributed by atoms with Crippen molar-refractivity contribution in [2.24, 2.45) is 0 Å². The molecule has 1 N–H and O–H groups in total. The Kier molecular flexibility index (Phi) is 4.17. The van der Waals surface area contributed by atoms with Crippen molar-refractivity contribution in [1.82, 2.24) is 20.3 Å². The standard InChI is InChI=1S/C12H16N4S/c1-3-13-5-10-6-14-12(15-7-10)4-11-8-17-9(2)16-11/h6-8,13H,3-5H2,1-2H3. The van der Waals surface area contributed by atoms with E-state index in [2.05, 4.69) is 32.6 Å². The van der Waals surface area contributed by atoms with Gasteiger partial charge in [-0.05, 0) is 13.5 Å². The zero-order chi connectivity index (χ0) is 12.1. The smallest absolute Gasteiger partial charge is 0.134 e. The lowest BCUT2D eigenvalue weighted by Crippen LogP contribution is -2.12. The first-order valence-corrected chi connectivity index (χ1v) is 6.57. The molecule has 0 saturated heterocycles. The van der Waals surface area contributed by atoms with Gasteiger partial charge in [0.1, 0.15) is 5.82 Å². The molecular weight excluding hydrogens is 232 g/mol. The first kappa shape index (κ1) is 12.1. The van der Waals surface area contributed by atoms with Gasteiger partial charge in [-0.3, -0.25) is 0 Å². The van der Waals surface area contributed by atoms with Gasteiger partial charge in [-0.15, -0.1) is 11.3 Å². The van der Waals surface area contributed by atoms with Gasteiger partial charge in [0.25, 0.3) is 0 Å². The van der Waals surface area contributed by atoms with Gasteiger partial charge in [-0.25, -0.2) is 15.0 Å². The Morgan fingerprint density at radius 2 is 2.06 bits per heavy atom. The Balaban J connectivity index is 1.98. The summed E-state index contributed by atoms with van der Waals surface area (Å²) in [6, 6.07) is 0. The zero-order valence-corrected chi connectivity index (χ0v) is 10.9. The van der Waals surface area contributed by atoms with E-state index in [1.807, 2.05) is 19.3 Å². The number of thiazole rings is 1. The van der Waals surface area contributed by atoms with Crippen molar-refractivity contribution in [2.45, 2.75) is 26.8 Å². The Bertz CT molecular complexity index is 464. The molecule has 0 radical (unpaired) electrons. The average molecular weight is 248 g/mol. The van der Waals surface area contributed by atoms with E-state index in [4.69, 9.17) is 0 Å². The molecule has 4 nitrogen and oxygen atoms in total. The van der Waals surface area contributed by atoms with Gasteiger partial charge in [0.15, 0.2) is 0 Å². The number of aryl methyl sites for hydroxylation is 1. The van der Waals surface area contributed by atoms with Crippen molar-refractivity contribution in [2.75, 3.05) is 6.54 Å². The molecule has 0 aliphatic rings. The summed E-state index contributed by atoms with van der Waals surface area (Å²) in [5.41, 5.74) is 2.16. The zero-order valence-electron chi connectivity index (χ0n) is 10.1. The van der Waals surface area contributed by atoms with E-state index < -0.39 is 0 Å². The number of hydrogen-bond donors (Lipinski definition) is 1. The molecule has 17 heavy (non-hydrogen) atoms. The molecular formula is C12H16N4S. The van der Waals surface area contributed by atoms with Crippen LogP contribution in [-0.4, -0.2) is 21.5 Å². The summed E-state index contributed by atoms with van der Waals surface area (Å²) >= 11 is 1.66. The molecule has 5 heteroatoms. The van der Waals surface area contributed by atoms with Crippen LogP contribution in [0.3, 0.4) is 0 Å². The van der Waals surface area contributed by atoms with Gasteiger partial charge < -0.3 is 5.32 Å². The maximum absolute atomic E-state index is 4.40. The van der Waals surface area contributed by atoms with Crippen LogP contribution in [0.1, 0.15) is 29.0 Å². The van der Waals surface area contributed by atoms with Gasteiger partial charge in [-0.1, -0.05) is 6.92 Å². The number of nitrogens with one attached hydrogen (secondary N) is 1. The highest BCUT2D eigenvalue weighted by Crippen LogP contribution is 2.10. The SMILES string of the molecule is CCNCc1cnc(Cc2csc(C)n2)nc1. The minimum atomic E-state index is 0.714. The topological polar surface area (TPSA) is 50.7 Å². The van der Waals surface area contributed by atoms with E-state index in [9.17, 15) is 0 Å². The number of aromatic nitrogens is 3. The summed E-state index contributed by atoms with van der Waals surface area (Å²) in [6.07, 6.45) is 4.47. The molecule has 0 unspecified atom stereocenters. The first-order valence-electron chi connectivity index (χ1n) is 5.69. The Hall–Kier alpha value is -1.33. The fourth-order valence-electron chi connectivity index (χ4n) is 1.48. The molecule has 0 bridgehead atoms. The summed E-state index contributed by atoms with van der Waals surface area (Å²) in [4.78, 5) is 13.1. The second-order valence-electron chi connectivity index (χ2n) is 3.82. The highest BCUT2D eigenvalue weighted by Gasteiger charge is 2.03. The second kappa shape index (κ2) is 5.84. The molecule has 90 valence electrons. The fraction of sp³-hybridized carbons (Fsp3) is 0.417. The lowest BCUT2D eigenvalue weighted by Gasteiger charge is -2.02. The van der Waals surface area contributed by atoms with E-state index in [1.165, 1.54) is 0 Å². The summed E-state index contributed by atoms with van der Waals surface area (Å²) in [5.74, 6) is 0.829. The van der Waals surface area contributed by atoms with Crippen LogP contribution in [0.2, 0.25) is 0 Å². The molecule has 0 fully saturated rings. The molecule has 0 atom stereocenters. The molecule has 0 spiro atoms. The molecule has 2 aromatic heterocycles. The predicted octanol–water partition coefficient (Wildman–Crippen LogP) is 1.94. The molecule has 0 amide bonds. The predicted molar refractivity (Wildman–Crippen MR) is 69.1 cm³/mol. The van der Waals surface area contributed by atoms with Crippen LogP contribution in [0, 0.1) is 6.92 Å². The monoisotopic (exact) mass is 248 g/mol. The minimum Gasteiger partial charge on any atom is -0.313 e. The third-order valence-electron chi connectivity index (χ3n) is 2.34. The number of nitrogens with zero attached hydrogens (tertiary/aromatic N) is 3. The number of rotatable bonds is 5. The minimum absolute atomic E-state index is 0.714. The number of hydrogen-bond acceptors (Lipinski definition) is 5. The van der Waals surface area contributed by atoms with Crippen LogP contribution in [0.4, 0.5) is 0 Å². The Labute approximate surface area is 105 Å². The largest absolute Gasteiger partial charge is 0.313 e. The van der Waals surface area contributed by atoms with Crippen molar-refractivity contribution in [3.05, 3.63) is 39.9 Å². The van der Waals surface area contributed by atoms with Crippen LogP contribution in [0.5, 0.6) is 0 Å². The third-order valence-corrected chi connectivity index (χ3v) is 3.17.